The van der Waals surface area contributed by atoms with Gasteiger partial charge in [0.2, 0.25) is 0 Å². The quantitative estimate of drug-likeness (QED) is 0.736. The Morgan fingerprint density at radius 3 is 3.13 bits per heavy atom. The lowest BCUT2D eigenvalue weighted by Gasteiger charge is -2.06. The first-order valence-corrected chi connectivity index (χ1v) is 4.90. The fourth-order valence-corrected chi connectivity index (χ4v) is 1.92. The second kappa shape index (κ2) is 3.02. The zero-order chi connectivity index (χ0) is 10.3. The largest absolute Gasteiger partial charge is 0.492 e. The number of anilines is 1. The van der Waals surface area contributed by atoms with Crippen molar-refractivity contribution in [3.63, 3.8) is 0 Å². The van der Waals surface area contributed by atoms with Crippen LogP contribution in [0.4, 0.5) is 5.69 Å². The van der Waals surface area contributed by atoms with Crippen molar-refractivity contribution in [2.45, 2.75) is 6.42 Å². The Morgan fingerprint density at radius 1 is 1.40 bits per heavy atom. The van der Waals surface area contributed by atoms with Crippen LogP contribution in [0.15, 0.2) is 24.4 Å². The lowest BCUT2D eigenvalue weighted by molar-refractivity contribution is 0.358. The van der Waals surface area contributed by atoms with Gasteiger partial charge in [-0.05, 0) is 11.6 Å². The van der Waals surface area contributed by atoms with Crippen LogP contribution in [0.2, 0.25) is 0 Å². The van der Waals surface area contributed by atoms with Gasteiger partial charge >= 0.3 is 0 Å². The third kappa shape index (κ3) is 1.18. The average molecular weight is 201 g/mol. The van der Waals surface area contributed by atoms with Crippen LogP contribution in [0.25, 0.3) is 11.3 Å². The first kappa shape index (κ1) is 8.35. The minimum atomic E-state index is 0.652. The summed E-state index contributed by atoms with van der Waals surface area (Å²) in [5, 5.41) is 6.81. The van der Waals surface area contributed by atoms with E-state index >= 15 is 0 Å². The van der Waals surface area contributed by atoms with Gasteiger partial charge in [0.1, 0.15) is 5.75 Å². The van der Waals surface area contributed by atoms with E-state index < -0.39 is 0 Å². The molecule has 2 aromatic rings. The van der Waals surface area contributed by atoms with Crippen molar-refractivity contribution in [1.29, 1.82) is 0 Å². The first-order valence-electron chi connectivity index (χ1n) is 4.90. The highest BCUT2D eigenvalue weighted by molar-refractivity contribution is 5.78. The molecule has 1 aromatic carbocycles. The van der Waals surface area contributed by atoms with Crippen LogP contribution in [0, 0.1) is 0 Å². The number of benzene rings is 1. The smallest absolute Gasteiger partial charge is 0.132 e. The molecule has 0 atom stereocenters. The summed E-state index contributed by atoms with van der Waals surface area (Å²) >= 11 is 0. The van der Waals surface area contributed by atoms with Crippen LogP contribution in [0.1, 0.15) is 5.56 Å². The zero-order valence-corrected chi connectivity index (χ0v) is 8.16. The van der Waals surface area contributed by atoms with Gasteiger partial charge in [0.05, 0.1) is 24.2 Å². The molecule has 1 aliphatic rings. The molecule has 76 valence electrons. The van der Waals surface area contributed by atoms with E-state index in [0.29, 0.717) is 5.69 Å². The predicted molar refractivity (Wildman–Crippen MR) is 57.6 cm³/mol. The topological polar surface area (TPSA) is 63.9 Å². The molecule has 0 aliphatic carbocycles. The molecule has 3 N–H and O–H groups in total. The van der Waals surface area contributed by atoms with Gasteiger partial charge in [-0.25, -0.2) is 0 Å². The Labute approximate surface area is 87.1 Å². The monoisotopic (exact) mass is 201 g/mol. The number of H-pyrrole nitrogens is 1. The summed E-state index contributed by atoms with van der Waals surface area (Å²) in [6.45, 7) is 0.750. The first-order chi connectivity index (χ1) is 7.36. The Kier molecular flexibility index (Phi) is 1.68. The van der Waals surface area contributed by atoms with Crippen LogP contribution >= 0.6 is 0 Å². The third-order valence-electron chi connectivity index (χ3n) is 2.65. The molecule has 0 spiro atoms. The molecule has 0 saturated heterocycles. The van der Waals surface area contributed by atoms with Crippen molar-refractivity contribution in [3.05, 3.63) is 30.0 Å². The van der Waals surface area contributed by atoms with E-state index in [2.05, 4.69) is 16.3 Å². The van der Waals surface area contributed by atoms with Crippen molar-refractivity contribution in [2.24, 2.45) is 0 Å². The molecule has 2 heterocycles. The van der Waals surface area contributed by atoms with Crippen LogP contribution in [-0.2, 0) is 6.42 Å². The number of rotatable bonds is 1. The standard InChI is InChI=1S/C11H11N3O/c12-9-6-13-14-10(9)8-3-1-2-7-4-5-15-11(7)8/h1-3,6H,4-5,12H2,(H,13,14). The Hall–Kier alpha value is -1.97. The lowest BCUT2D eigenvalue weighted by atomic mass is 10.1. The highest BCUT2D eigenvalue weighted by atomic mass is 16.5. The number of hydrogen-bond donors (Lipinski definition) is 2. The minimum absolute atomic E-state index is 0.652. The number of nitrogens with zero attached hydrogens (tertiary/aromatic N) is 1. The zero-order valence-electron chi connectivity index (χ0n) is 8.16. The molecule has 0 fully saturated rings. The molecule has 1 aliphatic heterocycles. The second-order valence-electron chi connectivity index (χ2n) is 3.59. The number of para-hydroxylation sites is 1. The number of aromatic amines is 1. The van der Waals surface area contributed by atoms with Gasteiger partial charge in [0, 0.05) is 12.0 Å². The van der Waals surface area contributed by atoms with E-state index in [1.807, 2.05) is 12.1 Å². The SMILES string of the molecule is Nc1cn[nH]c1-c1cccc2c1OCC2. The summed E-state index contributed by atoms with van der Waals surface area (Å²) < 4.78 is 5.61. The van der Waals surface area contributed by atoms with Crippen molar-refractivity contribution < 1.29 is 4.74 Å². The molecule has 4 nitrogen and oxygen atoms in total. The van der Waals surface area contributed by atoms with E-state index in [0.717, 1.165) is 30.0 Å². The molecule has 15 heavy (non-hydrogen) atoms. The van der Waals surface area contributed by atoms with Crippen molar-refractivity contribution >= 4 is 5.69 Å². The molecular formula is C11H11N3O. The molecule has 0 saturated carbocycles. The van der Waals surface area contributed by atoms with Crippen LogP contribution in [0.3, 0.4) is 0 Å². The summed E-state index contributed by atoms with van der Waals surface area (Å²) in [6.07, 6.45) is 2.58. The van der Waals surface area contributed by atoms with Gasteiger partial charge in [0.25, 0.3) is 0 Å². The number of fused-ring (bicyclic) bond motifs is 1. The fraction of sp³-hybridized carbons (Fsp3) is 0.182. The number of aromatic nitrogens is 2. The number of nitrogens with two attached hydrogens (primary N) is 1. The summed E-state index contributed by atoms with van der Waals surface area (Å²) in [4.78, 5) is 0. The van der Waals surface area contributed by atoms with Crippen molar-refractivity contribution in [1.82, 2.24) is 10.2 Å². The summed E-state index contributed by atoms with van der Waals surface area (Å²) in [6, 6.07) is 6.09. The molecule has 0 amide bonds. The van der Waals surface area contributed by atoms with Crippen LogP contribution < -0.4 is 10.5 Å². The van der Waals surface area contributed by atoms with E-state index in [1.54, 1.807) is 6.20 Å². The Balaban J connectivity index is 2.21. The molecule has 3 rings (SSSR count). The normalized spacial score (nSPS) is 13.6. The van der Waals surface area contributed by atoms with Crippen LogP contribution in [0.5, 0.6) is 5.75 Å². The third-order valence-corrected chi connectivity index (χ3v) is 2.65. The lowest BCUT2D eigenvalue weighted by Crippen LogP contribution is -1.91. The van der Waals surface area contributed by atoms with E-state index in [4.69, 9.17) is 10.5 Å². The van der Waals surface area contributed by atoms with E-state index in [9.17, 15) is 0 Å². The van der Waals surface area contributed by atoms with E-state index in [1.165, 1.54) is 5.56 Å². The number of hydrogen-bond acceptors (Lipinski definition) is 3. The van der Waals surface area contributed by atoms with Gasteiger partial charge in [0.15, 0.2) is 0 Å². The number of ether oxygens (including phenoxy) is 1. The van der Waals surface area contributed by atoms with Crippen LogP contribution in [-0.4, -0.2) is 16.8 Å². The number of nitrogen functional groups attached to an aromatic ring is 1. The fourth-order valence-electron chi connectivity index (χ4n) is 1.92. The minimum Gasteiger partial charge on any atom is -0.492 e. The van der Waals surface area contributed by atoms with Crippen molar-refractivity contribution in [3.8, 4) is 17.0 Å². The van der Waals surface area contributed by atoms with Crippen molar-refractivity contribution in [2.75, 3.05) is 12.3 Å². The molecule has 0 radical (unpaired) electrons. The maximum absolute atomic E-state index is 5.82. The maximum atomic E-state index is 5.82. The van der Waals surface area contributed by atoms with Gasteiger partial charge in [-0.15, -0.1) is 0 Å². The maximum Gasteiger partial charge on any atom is 0.132 e. The van der Waals surface area contributed by atoms with Gasteiger partial charge in [-0.2, -0.15) is 5.10 Å². The molecule has 4 heteroatoms. The molecule has 1 aromatic heterocycles. The van der Waals surface area contributed by atoms with Gasteiger partial charge < -0.3 is 10.5 Å². The Bertz CT molecular complexity index is 504. The number of nitrogens with one attached hydrogen (secondary N) is 1. The Morgan fingerprint density at radius 2 is 2.33 bits per heavy atom. The predicted octanol–water partition coefficient (Wildman–Crippen LogP) is 1.59. The molecule has 0 bridgehead atoms. The average Bonchev–Trinajstić information content (AvgIpc) is 2.85. The summed E-state index contributed by atoms with van der Waals surface area (Å²) in [5.41, 5.74) is 9.55. The van der Waals surface area contributed by atoms with Gasteiger partial charge in [-0.3, -0.25) is 5.10 Å². The second-order valence-corrected chi connectivity index (χ2v) is 3.59. The highest BCUT2D eigenvalue weighted by Crippen LogP contribution is 2.37. The summed E-state index contributed by atoms with van der Waals surface area (Å²) in [7, 11) is 0. The molecular weight excluding hydrogens is 190 g/mol. The molecule has 0 unspecified atom stereocenters. The van der Waals surface area contributed by atoms with E-state index in [-0.39, 0.29) is 0 Å². The summed E-state index contributed by atoms with van der Waals surface area (Å²) in [5.74, 6) is 0.938. The van der Waals surface area contributed by atoms with Gasteiger partial charge in [-0.1, -0.05) is 12.1 Å². The highest BCUT2D eigenvalue weighted by Gasteiger charge is 2.18.